The molecule has 51 heavy (non-hydrogen) atoms. The van der Waals surface area contributed by atoms with Crippen molar-refractivity contribution < 1.29 is 39.1 Å². The van der Waals surface area contributed by atoms with Crippen molar-refractivity contribution in [3.8, 4) is 0 Å². The minimum Gasteiger partial charge on any atom is -0.386 e. The molecule has 10 atom stereocenters. The third kappa shape index (κ3) is 11.5. The topological polar surface area (TPSA) is 154 Å². The molecule has 12 heteroatoms. The lowest BCUT2D eigenvalue weighted by atomic mass is 9.89. The number of nitrogens with one attached hydrogen (secondary N) is 2. The first-order valence-electron chi connectivity index (χ1n) is 18.8. The SMILES string of the molecule is CC[C@H](C)[C@@H]([C@@H](CC(=O)N1CCC[C@H]1[C@H](OC)[C@@H](C)C(=O)N[C@H](C)[C@@H](O)c1ccccc1)OC)N(C)C(=O)[C@@H](NC(=O)[C@@H]([NH2+]C)C(C)C)C(C)C. The molecule has 1 saturated heterocycles. The Morgan fingerprint density at radius 1 is 0.961 bits per heavy atom. The van der Waals surface area contributed by atoms with E-state index in [0.29, 0.717) is 18.5 Å². The number of quaternary nitrogens is 1. The van der Waals surface area contributed by atoms with Gasteiger partial charge in [-0.15, -0.1) is 0 Å². The largest absolute Gasteiger partial charge is 0.386 e. The van der Waals surface area contributed by atoms with Crippen LogP contribution in [0.3, 0.4) is 0 Å². The molecule has 0 aromatic heterocycles. The van der Waals surface area contributed by atoms with E-state index < -0.39 is 42.4 Å². The highest BCUT2D eigenvalue weighted by molar-refractivity contribution is 5.89. The molecule has 0 bridgehead atoms. The zero-order chi connectivity index (χ0) is 38.6. The van der Waals surface area contributed by atoms with Crippen molar-refractivity contribution >= 4 is 23.6 Å². The molecule has 1 aromatic carbocycles. The van der Waals surface area contributed by atoms with Crippen LogP contribution < -0.4 is 16.0 Å². The van der Waals surface area contributed by atoms with E-state index in [9.17, 15) is 24.3 Å². The van der Waals surface area contributed by atoms with Crippen LogP contribution in [0.4, 0.5) is 0 Å². The fraction of sp³-hybridized carbons (Fsp3) is 0.744. The number of amides is 4. The number of nitrogens with two attached hydrogens (primary N) is 1. The van der Waals surface area contributed by atoms with Gasteiger partial charge in [-0.05, 0) is 37.2 Å². The summed E-state index contributed by atoms with van der Waals surface area (Å²) in [5.74, 6) is -1.47. The number of likely N-dealkylation sites (N-methyl/N-ethyl adjacent to an activating group) is 2. The van der Waals surface area contributed by atoms with Crippen LogP contribution >= 0.6 is 0 Å². The Balaban J connectivity index is 2.24. The number of hydrogen-bond donors (Lipinski definition) is 4. The third-order valence-electron chi connectivity index (χ3n) is 10.9. The molecule has 1 fully saturated rings. The lowest BCUT2D eigenvalue weighted by Crippen LogP contribution is -2.90. The maximum atomic E-state index is 14.1. The van der Waals surface area contributed by atoms with Gasteiger partial charge in [-0.3, -0.25) is 19.2 Å². The van der Waals surface area contributed by atoms with Gasteiger partial charge in [0, 0.05) is 33.7 Å². The zero-order valence-corrected chi connectivity index (χ0v) is 33.2. The quantitative estimate of drug-likeness (QED) is 0.162. The second-order valence-electron chi connectivity index (χ2n) is 15.1. The van der Waals surface area contributed by atoms with E-state index in [-0.39, 0.29) is 59.9 Å². The minimum absolute atomic E-state index is 0.00866. The van der Waals surface area contributed by atoms with Crippen molar-refractivity contribution in [2.75, 3.05) is 34.9 Å². The van der Waals surface area contributed by atoms with E-state index in [1.807, 2.05) is 84.2 Å². The third-order valence-corrected chi connectivity index (χ3v) is 10.9. The Morgan fingerprint density at radius 3 is 2.10 bits per heavy atom. The van der Waals surface area contributed by atoms with Crippen LogP contribution in [0.1, 0.15) is 92.7 Å². The van der Waals surface area contributed by atoms with E-state index in [0.717, 1.165) is 12.8 Å². The van der Waals surface area contributed by atoms with Gasteiger partial charge < -0.3 is 40.3 Å². The fourth-order valence-electron chi connectivity index (χ4n) is 7.50. The van der Waals surface area contributed by atoms with Gasteiger partial charge >= 0.3 is 0 Å². The number of methoxy groups -OCH3 is 2. The van der Waals surface area contributed by atoms with E-state index in [1.54, 1.807) is 44.9 Å². The normalized spacial score (nSPS) is 20.1. The van der Waals surface area contributed by atoms with Gasteiger partial charge in [0.2, 0.25) is 17.7 Å². The zero-order valence-electron chi connectivity index (χ0n) is 33.2. The molecule has 4 amide bonds. The van der Waals surface area contributed by atoms with E-state index in [2.05, 4.69) is 10.6 Å². The maximum Gasteiger partial charge on any atom is 0.279 e. The Labute approximate surface area is 306 Å². The molecule has 0 radical (unpaired) electrons. The first kappa shape index (κ1) is 44.1. The molecule has 0 unspecified atom stereocenters. The van der Waals surface area contributed by atoms with Crippen LogP contribution in [0, 0.1) is 23.7 Å². The number of hydrogen-bond acceptors (Lipinski definition) is 7. The smallest absolute Gasteiger partial charge is 0.279 e. The number of benzene rings is 1. The van der Waals surface area contributed by atoms with E-state index in [1.165, 1.54) is 0 Å². The average Bonchev–Trinajstić information content (AvgIpc) is 3.59. The van der Waals surface area contributed by atoms with Crippen molar-refractivity contribution in [1.29, 1.82) is 0 Å². The molecule has 0 aliphatic carbocycles. The monoisotopic (exact) mass is 719 g/mol. The molecule has 290 valence electrons. The Bertz CT molecular complexity index is 1250. The molecule has 12 nitrogen and oxygen atoms in total. The summed E-state index contributed by atoms with van der Waals surface area (Å²) in [7, 11) is 6.71. The average molecular weight is 719 g/mol. The standard InChI is InChI=1S/C39H67N5O7/c1-13-25(6)34(43(10)39(49)33(24(4)5)42-38(48)32(40-9)23(2)3)30(50-11)22-31(45)44-21-17-20-29(44)36(51-12)26(7)37(47)41-27(8)35(46)28-18-15-14-16-19-28/h14-16,18-19,23-27,29-30,32-36,40,46H,13,17,20-22H2,1-12H3,(H,41,47)(H,42,48)/p+1/t25-,26+,27+,29-,30+,32-,33-,34-,35+,36+/m0/s1. The molecular formula is C39H68N5O7+. The van der Waals surface area contributed by atoms with Crippen LogP contribution in [0.2, 0.25) is 0 Å². The first-order chi connectivity index (χ1) is 24.0. The Hall–Kier alpha value is -3.06. The van der Waals surface area contributed by atoms with Crippen LogP contribution in [0.15, 0.2) is 30.3 Å². The summed E-state index contributed by atoms with van der Waals surface area (Å²) in [6.45, 7) is 16.0. The number of aliphatic hydroxyl groups excluding tert-OH is 1. The van der Waals surface area contributed by atoms with Crippen molar-refractivity contribution in [3.05, 3.63) is 35.9 Å². The summed E-state index contributed by atoms with van der Waals surface area (Å²) in [6.07, 6.45) is 0.172. The molecule has 1 aliphatic rings. The summed E-state index contributed by atoms with van der Waals surface area (Å²) < 4.78 is 11.9. The molecule has 0 saturated carbocycles. The number of aliphatic hydroxyl groups is 1. The van der Waals surface area contributed by atoms with Crippen LogP contribution in [0.25, 0.3) is 0 Å². The number of nitrogens with zero attached hydrogens (tertiary/aromatic N) is 2. The molecule has 2 rings (SSSR count). The van der Waals surface area contributed by atoms with Gasteiger partial charge in [-0.2, -0.15) is 0 Å². The van der Waals surface area contributed by atoms with Crippen molar-refractivity contribution in [1.82, 2.24) is 20.4 Å². The van der Waals surface area contributed by atoms with Gasteiger partial charge in [-0.1, -0.05) is 85.2 Å². The van der Waals surface area contributed by atoms with Crippen LogP contribution in [-0.2, 0) is 28.7 Å². The maximum absolute atomic E-state index is 14.1. The number of likely N-dealkylation sites (tertiary alicyclic amines) is 1. The Morgan fingerprint density at radius 2 is 1.59 bits per heavy atom. The van der Waals surface area contributed by atoms with Gasteiger partial charge in [0.05, 0.1) is 55.8 Å². The molecule has 5 N–H and O–H groups in total. The highest BCUT2D eigenvalue weighted by Crippen LogP contribution is 2.30. The predicted octanol–water partition coefficient (Wildman–Crippen LogP) is 2.50. The summed E-state index contributed by atoms with van der Waals surface area (Å²) in [5, 5.41) is 18.6. The van der Waals surface area contributed by atoms with E-state index in [4.69, 9.17) is 9.47 Å². The predicted molar refractivity (Wildman–Crippen MR) is 198 cm³/mol. The van der Waals surface area contributed by atoms with Crippen molar-refractivity contribution in [2.45, 2.75) is 130 Å². The minimum atomic E-state index is -0.874. The number of rotatable bonds is 20. The van der Waals surface area contributed by atoms with Gasteiger partial charge in [0.1, 0.15) is 6.04 Å². The first-order valence-corrected chi connectivity index (χ1v) is 18.8. The van der Waals surface area contributed by atoms with Crippen LogP contribution in [-0.4, -0.2) is 116 Å². The summed E-state index contributed by atoms with van der Waals surface area (Å²) in [4.78, 5) is 58.4. The molecule has 1 heterocycles. The van der Waals surface area contributed by atoms with Gasteiger partial charge in [-0.25, -0.2) is 0 Å². The second kappa shape index (κ2) is 20.8. The van der Waals surface area contributed by atoms with Gasteiger partial charge in [0.15, 0.2) is 6.04 Å². The Kier molecular flexibility index (Phi) is 18.0. The molecule has 1 aromatic rings. The summed E-state index contributed by atoms with van der Waals surface area (Å²) >= 11 is 0. The van der Waals surface area contributed by atoms with E-state index >= 15 is 0 Å². The summed E-state index contributed by atoms with van der Waals surface area (Å²) in [5.41, 5.74) is 0.712. The van der Waals surface area contributed by atoms with Crippen LogP contribution in [0.5, 0.6) is 0 Å². The highest BCUT2D eigenvalue weighted by Gasteiger charge is 2.43. The lowest BCUT2D eigenvalue weighted by Gasteiger charge is -2.41. The molecule has 1 aliphatic heterocycles. The van der Waals surface area contributed by atoms with Crippen molar-refractivity contribution in [2.24, 2.45) is 23.7 Å². The summed E-state index contributed by atoms with van der Waals surface area (Å²) in [6, 6.07) is 6.83. The van der Waals surface area contributed by atoms with Gasteiger partial charge in [0.25, 0.3) is 5.91 Å². The molecule has 0 spiro atoms. The lowest BCUT2D eigenvalue weighted by molar-refractivity contribution is -0.656. The molecular weight excluding hydrogens is 650 g/mol. The number of carbonyl (C=O) groups is 4. The number of carbonyl (C=O) groups excluding carboxylic acids is 4. The highest BCUT2D eigenvalue weighted by atomic mass is 16.5. The number of ether oxygens (including phenoxy) is 2. The van der Waals surface area contributed by atoms with Crippen molar-refractivity contribution in [3.63, 3.8) is 0 Å². The second-order valence-corrected chi connectivity index (χ2v) is 15.1. The fourth-order valence-corrected chi connectivity index (χ4v) is 7.50.